The Balaban J connectivity index is 2.80. The number of nitro groups is 1. The summed E-state index contributed by atoms with van der Waals surface area (Å²) in [5, 5.41) is 14.0. The first kappa shape index (κ1) is 17.7. The van der Waals surface area contributed by atoms with Crippen molar-refractivity contribution >= 4 is 34.8 Å². The molecule has 1 aromatic carbocycles. The number of nitro benzene ring substituents is 1. The average Bonchev–Trinajstić information content (AvgIpc) is 2.42. The van der Waals surface area contributed by atoms with Crippen LogP contribution in [0.5, 0.6) is 0 Å². The van der Waals surface area contributed by atoms with Gasteiger partial charge in [-0.2, -0.15) is 0 Å². The van der Waals surface area contributed by atoms with E-state index in [0.717, 1.165) is 12.8 Å². The zero-order valence-electron chi connectivity index (χ0n) is 12.0. The molecule has 116 valence electrons. The first-order valence-electron chi connectivity index (χ1n) is 6.55. The second kappa shape index (κ2) is 7.61. The Morgan fingerprint density at radius 2 is 2.10 bits per heavy atom. The van der Waals surface area contributed by atoms with E-state index < -0.39 is 10.8 Å². The van der Waals surface area contributed by atoms with Crippen molar-refractivity contribution in [2.24, 2.45) is 5.41 Å². The lowest BCUT2D eigenvalue weighted by Gasteiger charge is -2.24. The van der Waals surface area contributed by atoms with Crippen LogP contribution < -0.4 is 5.32 Å². The highest BCUT2D eigenvalue weighted by atomic mass is 35.5. The van der Waals surface area contributed by atoms with Gasteiger partial charge in [-0.25, -0.2) is 0 Å². The van der Waals surface area contributed by atoms with Crippen LogP contribution in [0.25, 0.3) is 0 Å². The van der Waals surface area contributed by atoms with Crippen LogP contribution in [-0.2, 0) is 0 Å². The predicted molar refractivity (Wildman–Crippen MR) is 84.2 cm³/mol. The van der Waals surface area contributed by atoms with E-state index in [1.165, 1.54) is 18.2 Å². The van der Waals surface area contributed by atoms with Gasteiger partial charge in [0.25, 0.3) is 11.6 Å². The van der Waals surface area contributed by atoms with Gasteiger partial charge in [0.05, 0.1) is 4.92 Å². The molecule has 0 saturated carbocycles. The summed E-state index contributed by atoms with van der Waals surface area (Å²) in [5.41, 5.74) is -0.408. The molecule has 0 bridgehead atoms. The predicted octanol–water partition coefficient (Wildman–Crippen LogP) is 4.02. The number of nitrogens with one attached hydrogen (secondary N) is 1. The maximum absolute atomic E-state index is 12.1. The molecule has 0 atom stereocenters. The summed E-state index contributed by atoms with van der Waals surface area (Å²) in [4.78, 5) is 22.5. The van der Waals surface area contributed by atoms with Crippen molar-refractivity contribution < 1.29 is 9.72 Å². The molecule has 5 nitrogen and oxygen atoms in total. The summed E-state index contributed by atoms with van der Waals surface area (Å²) in [6.45, 7) is 4.42. The van der Waals surface area contributed by atoms with Gasteiger partial charge >= 0.3 is 0 Å². The first-order chi connectivity index (χ1) is 9.76. The number of carbonyl (C=O) groups excluding carboxylic acids is 1. The van der Waals surface area contributed by atoms with Gasteiger partial charge in [0.15, 0.2) is 0 Å². The third kappa shape index (κ3) is 5.52. The molecule has 0 unspecified atom stereocenters. The van der Waals surface area contributed by atoms with Crippen molar-refractivity contribution in [3.05, 3.63) is 38.9 Å². The molecule has 0 aromatic heterocycles. The Hall–Kier alpha value is -1.33. The Morgan fingerprint density at radius 3 is 2.67 bits per heavy atom. The van der Waals surface area contributed by atoms with Crippen LogP contribution >= 0.6 is 23.2 Å². The largest absolute Gasteiger partial charge is 0.351 e. The van der Waals surface area contributed by atoms with Crippen LogP contribution in [0.15, 0.2) is 18.2 Å². The lowest BCUT2D eigenvalue weighted by Crippen LogP contribution is -2.34. The summed E-state index contributed by atoms with van der Waals surface area (Å²) in [6.07, 6.45) is 1.70. The lowest BCUT2D eigenvalue weighted by molar-refractivity contribution is -0.385. The van der Waals surface area contributed by atoms with E-state index in [1.54, 1.807) is 0 Å². The maximum atomic E-state index is 12.1. The quantitative estimate of drug-likeness (QED) is 0.465. The number of halogens is 2. The molecule has 0 saturated heterocycles. The van der Waals surface area contributed by atoms with Crippen LogP contribution in [0.4, 0.5) is 5.69 Å². The molecule has 21 heavy (non-hydrogen) atoms. The number of nitrogens with zero attached hydrogens (tertiary/aromatic N) is 1. The van der Waals surface area contributed by atoms with E-state index in [-0.39, 0.29) is 21.7 Å². The van der Waals surface area contributed by atoms with Crippen molar-refractivity contribution in [1.82, 2.24) is 5.32 Å². The Labute approximate surface area is 133 Å². The van der Waals surface area contributed by atoms with Crippen LogP contribution in [0.3, 0.4) is 0 Å². The van der Waals surface area contributed by atoms with Gasteiger partial charge in [-0.15, -0.1) is 11.6 Å². The molecule has 0 fully saturated rings. The van der Waals surface area contributed by atoms with E-state index in [1.807, 2.05) is 13.8 Å². The first-order valence-corrected chi connectivity index (χ1v) is 7.46. The summed E-state index contributed by atoms with van der Waals surface area (Å²) in [6, 6.07) is 3.93. The second-order valence-corrected chi connectivity index (χ2v) is 6.37. The lowest BCUT2D eigenvalue weighted by atomic mass is 9.88. The van der Waals surface area contributed by atoms with E-state index in [0.29, 0.717) is 12.4 Å². The van der Waals surface area contributed by atoms with Gasteiger partial charge in [-0.3, -0.25) is 14.9 Å². The van der Waals surface area contributed by atoms with Gasteiger partial charge in [-0.05, 0) is 30.4 Å². The Kier molecular flexibility index (Phi) is 6.42. The summed E-state index contributed by atoms with van der Waals surface area (Å²) in [7, 11) is 0. The van der Waals surface area contributed by atoms with Gasteiger partial charge in [0.1, 0.15) is 5.56 Å². The number of benzene rings is 1. The number of rotatable bonds is 7. The van der Waals surface area contributed by atoms with Crippen molar-refractivity contribution in [3.63, 3.8) is 0 Å². The highest BCUT2D eigenvalue weighted by Crippen LogP contribution is 2.24. The molecule has 7 heteroatoms. The summed E-state index contributed by atoms with van der Waals surface area (Å²) in [5.74, 6) is 0.0695. The smallest absolute Gasteiger partial charge is 0.282 e. The number of hydrogen-bond donors (Lipinski definition) is 1. The van der Waals surface area contributed by atoms with Crippen molar-refractivity contribution in [1.29, 1.82) is 0 Å². The van der Waals surface area contributed by atoms with E-state index in [2.05, 4.69) is 5.32 Å². The zero-order chi connectivity index (χ0) is 16.0. The number of hydrogen-bond acceptors (Lipinski definition) is 3. The average molecular weight is 333 g/mol. The van der Waals surface area contributed by atoms with Crippen LogP contribution in [0.2, 0.25) is 5.02 Å². The third-order valence-electron chi connectivity index (χ3n) is 3.11. The molecule has 1 N–H and O–H groups in total. The number of carbonyl (C=O) groups is 1. The number of alkyl halides is 1. The molecule has 0 spiro atoms. The van der Waals surface area contributed by atoms with Crippen LogP contribution in [0.1, 0.15) is 37.0 Å². The topological polar surface area (TPSA) is 72.2 Å². The molecule has 0 aliphatic carbocycles. The molecule has 1 aromatic rings. The minimum absolute atomic E-state index is 0.0272. The van der Waals surface area contributed by atoms with Gasteiger partial charge in [0.2, 0.25) is 0 Å². The fourth-order valence-corrected chi connectivity index (χ4v) is 2.20. The highest BCUT2D eigenvalue weighted by Gasteiger charge is 2.23. The second-order valence-electron chi connectivity index (χ2n) is 5.56. The van der Waals surface area contributed by atoms with Crippen molar-refractivity contribution in [2.45, 2.75) is 26.7 Å². The minimum atomic E-state index is -0.593. The summed E-state index contributed by atoms with van der Waals surface area (Å²) >= 11 is 11.5. The standard InChI is InChI=1S/C14H18Cl2N2O3/c1-14(2,6-3-7-15)9-17-13(19)11-8-10(16)4-5-12(11)18(20)21/h4-5,8H,3,6-7,9H2,1-2H3,(H,17,19). The minimum Gasteiger partial charge on any atom is -0.351 e. The van der Waals surface area contributed by atoms with E-state index in [4.69, 9.17) is 23.2 Å². The molecule has 0 heterocycles. The monoisotopic (exact) mass is 332 g/mol. The fourth-order valence-electron chi connectivity index (χ4n) is 1.90. The SMILES string of the molecule is CC(C)(CCCCl)CNC(=O)c1cc(Cl)ccc1[N+](=O)[O-]. The molecular formula is C14H18Cl2N2O3. The zero-order valence-corrected chi connectivity index (χ0v) is 13.5. The molecule has 0 aliphatic rings. The maximum Gasteiger partial charge on any atom is 0.282 e. The number of amides is 1. The van der Waals surface area contributed by atoms with Crippen molar-refractivity contribution in [3.8, 4) is 0 Å². The molecule has 0 aliphatic heterocycles. The summed E-state index contributed by atoms with van der Waals surface area (Å²) < 4.78 is 0. The normalized spacial score (nSPS) is 11.2. The van der Waals surface area contributed by atoms with Gasteiger partial charge in [0, 0.05) is 23.5 Å². The van der Waals surface area contributed by atoms with E-state index >= 15 is 0 Å². The molecule has 1 rings (SSSR count). The molecule has 1 amide bonds. The Morgan fingerprint density at radius 1 is 1.43 bits per heavy atom. The highest BCUT2D eigenvalue weighted by molar-refractivity contribution is 6.31. The third-order valence-corrected chi connectivity index (χ3v) is 3.62. The molecular weight excluding hydrogens is 315 g/mol. The van der Waals surface area contributed by atoms with Crippen LogP contribution in [0, 0.1) is 15.5 Å². The van der Waals surface area contributed by atoms with Crippen LogP contribution in [-0.4, -0.2) is 23.3 Å². The molecule has 0 radical (unpaired) electrons. The Bertz CT molecular complexity index is 533. The van der Waals surface area contributed by atoms with Crippen molar-refractivity contribution in [2.75, 3.05) is 12.4 Å². The fraction of sp³-hybridized carbons (Fsp3) is 0.500. The van der Waals surface area contributed by atoms with E-state index in [9.17, 15) is 14.9 Å². The van der Waals surface area contributed by atoms with Gasteiger partial charge < -0.3 is 5.32 Å². The van der Waals surface area contributed by atoms with Gasteiger partial charge in [-0.1, -0.05) is 25.4 Å².